The molecular formula is C16H18Cl2Hf. The van der Waals surface area contributed by atoms with Crippen molar-refractivity contribution in [2.45, 2.75) is 26.7 Å². The summed E-state index contributed by atoms with van der Waals surface area (Å²) >= 11 is 0. The van der Waals surface area contributed by atoms with Crippen molar-refractivity contribution >= 4 is 0 Å². The van der Waals surface area contributed by atoms with Gasteiger partial charge in [-0.25, -0.2) is 0 Å². The molecule has 2 aliphatic rings. The molecule has 0 fully saturated rings. The van der Waals surface area contributed by atoms with E-state index in [1.54, 1.807) is 0 Å². The van der Waals surface area contributed by atoms with Gasteiger partial charge in [0.2, 0.25) is 0 Å². The standard InChI is InChI=1S/2C8H9.2ClH.Hf/c2*1-2-5-8-6-3-4-7-8;;;/h2*2-3,5-6H,4H2,1H3;2*1H;/q2*-1;;;+4/p-2. The molecule has 100 valence electrons. The molecule has 19 heavy (non-hydrogen) atoms. The van der Waals surface area contributed by atoms with E-state index in [1.807, 2.05) is 26.0 Å². The minimum atomic E-state index is 0. The van der Waals surface area contributed by atoms with Crippen LogP contribution in [-0.2, 0) is 25.8 Å². The van der Waals surface area contributed by atoms with Crippen molar-refractivity contribution in [1.29, 1.82) is 0 Å². The number of hydrogen-bond acceptors (Lipinski definition) is 0. The van der Waals surface area contributed by atoms with E-state index in [2.05, 4.69) is 48.6 Å². The van der Waals surface area contributed by atoms with Crippen molar-refractivity contribution in [1.82, 2.24) is 0 Å². The van der Waals surface area contributed by atoms with E-state index in [-0.39, 0.29) is 50.7 Å². The molecule has 0 aliphatic heterocycles. The Kier molecular flexibility index (Phi) is 20.1. The van der Waals surface area contributed by atoms with E-state index in [9.17, 15) is 0 Å². The Labute approximate surface area is 148 Å². The molecular weight excluding hydrogens is 442 g/mol. The average Bonchev–Trinajstić information content (AvgIpc) is 2.92. The van der Waals surface area contributed by atoms with E-state index in [4.69, 9.17) is 0 Å². The van der Waals surface area contributed by atoms with Gasteiger partial charge in [-0.15, -0.1) is 24.3 Å². The fraction of sp³-hybridized carbons (Fsp3) is 0.250. The van der Waals surface area contributed by atoms with Gasteiger partial charge in [0.1, 0.15) is 0 Å². The third-order valence-electron chi connectivity index (χ3n) is 2.14. The summed E-state index contributed by atoms with van der Waals surface area (Å²) in [5, 5.41) is 0. The fourth-order valence-electron chi connectivity index (χ4n) is 1.43. The van der Waals surface area contributed by atoms with Crippen molar-refractivity contribution in [2.75, 3.05) is 0 Å². The van der Waals surface area contributed by atoms with Crippen molar-refractivity contribution in [2.24, 2.45) is 0 Å². The molecule has 0 nitrogen and oxygen atoms in total. The van der Waals surface area contributed by atoms with Crippen LogP contribution in [0.1, 0.15) is 26.7 Å². The van der Waals surface area contributed by atoms with Gasteiger partial charge in [0.05, 0.1) is 0 Å². The maximum absolute atomic E-state index is 3.18. The summed E-state index contributed by atoms with van der Waals surface area (Å²) in [5.41, 5.74) is 2.43. The Hall–Kier alpha value is -0.110. The normalized spacial score (nSPS) is 15.1. The van der Waals surface area contributed by atoms with E-state index in [0.717, 1.165) is 12.8 Å². The van der Waals surface area contributed by atoms with Gasteiger partial charge in [0, 0.05) is 0 Å². The van der Waals surface area contributed by atoms with Gasteiger partial charge >= 0.3 is 25.8 Å². The van der Waals surface area contributed by atoms with E-state index in [1.165, 1.54) is 11.1 Å². The monoisotopic (exact) mass is 460 g/mol. The predicted molar refractivity (Wildman–Crippen MR) is 70.7 cm³/mol. The molecule has 2 aliphatic carbocycles. The van der Waals surface area contributed by atoms with Crippen LogP contribution < -0.4 is 24.8 Å². The Balaban J connectivity index is -0.000000233. The molecule has 0 spiro atoms. The van der Waals surface area contributed by atoms with Crippen LogP contribution in [0.15, 0.2) is 59.8 Å². The second-order valence-corrected chi connectivity index (χ2v) is 3.48. The molecule has 0 radical (unpaired) electrons. The molecule has 0 unspecified atom stereocenters. The molecule has 0 atom stereocenters. The number of hydrogen-bond donors (Lipinski definition) is 0. The van der Waals surface area contributed by atoms with E-state index < -0.39 is 0 Å². The van der Waals surface area contributed by atoms with Gasteiger partial charge in [0.15, 0.2) is 0 Å². The molecule has 3 heteroatoms. The molecule has 2 rings (SSSR count). The Bertz CT molecular complexity index is 348. The van der Waals surface area contributed by atoms with E-state index >= 15 is 0 Å². The first kappa shape index (κ1) is 23.9. The first-order valence-corrected chi connectivity index (χ1v) is 5.67. The van der Waals surface area contributed by atoms with Crippen molar-refractivity contribution in [3.05, 3.63) is 71.9 Å². The smallest absolute Gasteiger partial charge is 1.00 e. The largest absolute Gasteiger partial charge is 4.00 e. The molecule has 0 aromatic heterocycles. The van der Waals surface area contributed by atoms with Gasteiger partial charge in [-0.05, 0) is 0 Å². The Morgan fingerprint density at radius 1 is 0.842 bits per heavy atom. The topological polar surface area (TPSA) is 0 Å². The Morgan fingerprint density at radius 3 is 1.42 bits per heavy atom. The van der Waals surface area contributed by atoms with Crippen LogP contribution >= 0.6 is 0 Å². The first-order valence-electron chi connectivity index (χ1n) is 5.67. The summed E-state index contributed by atoms with van der Waals surface area (Å²) in [6, 6.07) is 0. The second kappa shape index (κ2) is 15.9. The minimum absolute atomic E-state index is 0. The van der Waals surface area contributed by atoms with Crippen molar-refractivity contribution in [3.63, 3.8) is 0 Å². The van der Waals surface area contributed by atoms with Gasteiger partial charge in [-0.3, -0.25) is 0 Å². The SMILES string of the molecule is CC=CC1=[C-]CC=C1.CC=CC1=[C-]CC=C1.[Cl-].[Cl-].[Hf+4]. The summed E-state index contributed by atoms with van der Waals surface area (Å²) in [6.45, 7) is 4.03. The summed E-state index contributed by atoms with van der Waals surface area (Å²) < 4.78 is 0. The summed E-state index contributed by atoms with van der Waals surface area (Å²) in [4.78, 5) is 0. The number of rotatable bonds is 2. The van der Waals surface area contributed by atoms with Gasteiger partial charge in [-0.1, -0.05) is 26.7 Å². The van der Waals surface area contributed by atoms with Crippen LogP contribution in [0, 0.1) is 12.2 Å². The van der Waals surface area contributed by atoms with Crippen LogP contribution in [0.2, 0.25) is 0 Å². The van der Waals surface area contributed by atoms with Crippen molar-refractivity contribution in [3.8, 4) is 0 Å². The van der Waals surface area contributed by atoms with Crippen LogP contribution in [0.4, 0.5) is 0 Å². The average molecular weight is 460 g/mol. The molecule has 0 amide bonds. The molecule has 0 heterocycles. The van der Waals surface area contributed by atoms with Crippen LogP contribution in [0.3, 0.4) is 0 Å². The molecule has 0 N–H and O–H groups in total. The summed E-state index contributed by atoms with van der Waals surface area (Å²) in [6.07, 6.45) is 24.9. The van der Waals surface area contributed by atoms with Crippen LogP contribution in [-0.4, -0.2) is 0 Å². The van der Waals surface area contributed by atoms with Gasteiger partial charge in [0.25, 0.3) is 0 Å². The van der Waals surface area contributed by atoms with Crippen LogP contribution in [0.25, 0.3) is 0 Å². The van der Waals surface area contributed by atoms with Gasteiger partial charge < -0.3 is 24.8 Å². The Morgan fingerprint density at radius 2 is 1.21 bits per heavy atom. The minimum Gasteiger partial charge on any atom is -1.00 e. The van der Waals surface area contributed by atoms with Gasteiger partial charge in [-0.2, -0.15) is 47.6 Å². The quantitative estimate of drug-likeness (QED) is 0.349. The maximum Gasteiger partial charge on any atom is 4.00 e. The third kappa shape index (κ3) is 11.4. The first-order chi connectivity index (χ1) is 7.86. The fourth-order valence-corrected chi connectivity index (χ4v) is 1.43. The molecule has 0 saturated carbocycles. The molecule has 0 saturated heterocycles. The third-order valence-corrected chi connectivity index (χ3v) is 2.14. The molecule has 0 aromatic rings. The zero-order chi connectivity index (χ0) is 11.6. The van der Waals surface area contributed by atoms with Crippen molar-refractivity contribution < 1.29 is 50.7 Å². The molecule has 0 bridgehead atoms. The zero-order valence-electron chi connectivity index (χ0n) is 11.3. The van der Waals surface area contributed by atoms with E-state index in [0.29, 0.717) is 0 Å². The zero-order valence-corrected chi connectivity index (χ0v) is 16.4. The summed E-state index contributed by atoms with van der Waals surface area (Å²) in [5.74, 6) is 0. The maximum atomic E-state index is 3.18. The van der Waals surface area contributed by atoms with Crippen LogP contribution in [0.5, 0.6) is 0 Å². The second-order valence-electron chi connectivity index (χ2n) is 3.48. The number of allylic oxidation sites excluding steroid dienone is 12. The summed E-state index contributed by atoms with van der Waals surface area (Å²) in [7, 11) is 0. The number of halogens is 2. The molecule has 0 aromatic carbocycles. The predicted octanol–water partition coefficient (Wildman–Crippen LogP) is -1.49.